The molecule has 0 saturated carbocycles. The van der Waals surface area contributed by atoms with Crippen LogP contribution in [-0.2, 0) is 11.3 Å². The molecule has 0 radical (unpaired) electrons. The molecule has 2 amide bonds. The number of β-amino-alcohol motifs (C(OH)–C–C–N with tert-alkyl or cyclic N) is 1. The third-order valence-electron chi connectivity index (χ3n) is 6.55. The summed E-state index contributed by atoms with van der Waals surface area (Å²) in [7, 11) is 0. The fourth-order valence-corrected chi connectivity index (χ4v) is 4.89. The molecular formula is C25H30Cl2F3N5O5. The molecule has 7 N–H and O–H groups in total. The number of alkyl halides is 3. The van der Waals surface area contributed by atoms with Gasteiger partial charge in [0, 0.05) is 36.8 Å². The van der Waals surface area contributed by atoms with Crippen molar-refractivity contribution in [1.29, 1.82) is 0 Å². The second kappa shape index (κ2) is 13.6. The third kappa shape index (κ3) is 9.03. The number of anilines is 2. The van der Waals surface area contributed by atoms with E-state index >= 15 is 0 Å². The van der Waals surface area contributed by atoms with Crippen molar-refractivity contribution >= 4 is 46.6 Å². The Kier molecular flexibility index (Phi) is 10.7. The molecule has 2 saturated heterocycles. The minimum Gasteiger partial charge on any atom is -0.506 e. The number of hydrogen-bond donors (Lipinski definition) is 6. The first-order chi connectivity index (χ1) is 18.7. The summed E-state index contributed by atoms with van der Waals surface area (Å²) in [6, 6.07) is 10.4. The number of aromatic hydroxyl groups is 1. The van der Waals surface area contributed by atoms with E-state index < -0.39 is 24.3 Å². The van der Waals surface area contributed by atoms with Crippen LogP contribution in [0.25, 0.3) is 0 Å². The number of amides is 2. The Bertz CT molecular complexity index is 1180. The Morgan fingerprint density at radius 1 is 1.07 bits per heavy atom. The predicted octanol–water partition coefficient (Wildman–Crippen LogP) is 3.63. The molecule has 0 bridgehead atoms. The number of carboxylic acids is 1. The molecule has 2 aromatic rings. The Morgan fingerprint density at radius 3 is 2.23 bits per heavy atom. The monoisotopic (exact) mass is 607 g/mol. The minimum atomic E-state index is -5.08. The van der Waals surface area contributed by atoms with Crippen molar-refractivity contribution in [1.82, 2.24) is 10.2 Å². The van der Waals surface area contributed by atoms with E-state index in [2.05, 4.69) is 27.7 Å². The summed E-state index contributed by atoms with van der Waals surface area (Å²) in [6.07, 6.45) is -3.68. The zero-order valence-electron chi connectivity index (χ0n) is 21.2. The molecule has 10 nitrogen and oxygen atoms in total. The number of aliphatic hydroxyl groups is 1. The number of piperidine rings is 1. The smallest absolute Gasteiger partial charge is 0.490 e. The molecule has 2 unspecified atom stereocenters. The molecule has 2 aromatic carbocycles. The van der Waals surface area contributed by atoms with Crippen LogP contribution in [0.2, 0.25) is 10.0 Å². The average molecular weight is 608 g/mol. The highest BCUT2D eigenvalue weighted by Crippen LogP contribution is 2.37. The number of nitrogens with two attached hydrogens (primary N) is 1. The normalized spacial score (nSPS) is 20.1. The van der Waals surface area contributed by atoms with Gasteiger partial charge >= 0.3 is 18.2 Å². The number of carbonyl (C=O) groups is 2. The molecule has 2 fully saturated rings. The third-order valence-corrected chi connectivity index (χ3v) is 7.11. The average Bonchev–Trinajstić information content (AvgIpc) is 3.23. The number of hydrogen-bond acceptors (Lipinski definition) is 7. The SMILES string of the molecule is NC(=O)Nc1cc(Cl)c(O)cc1N1CC(O)C(NC2CCN(Cc3ccc(Cl)cc3)CC2)C1.O=C(O)C(F)(F)F. The van der Waals surface area contributed by atoms with Crippen LogP contribution in [-0.4, -0.2) is 82.8 Å². The lowest BCUT2D eigenvalue weighted by Gasteiger charge is -2.34. The first-order valence-electron chi connectivity index (χ1n) is 12.3. The van der Waals surface area contributed by atoms with Crippen molar-refractivity contribution in [2.75, 3.05) is 36.4 Å². The van der Waals surface area contributed by atoms with Gasteiger partial charge in [-0.15, -0.1) is 0 Å². The summed E-state index contributed by atoms with van der Waals surface area (Å²) < 4.78 is 31.7. The highest BCUT2D eigenvalue weighted by molar-refractivity contribution is 6.32. The van der Waals surface area contributed by atoms with E-state index in [9.17, 15) is 28.2 Å². The van der Waals surface area contributed by atoms with Crippen molar-refractivity contribution in [2.24, 2.45) is 5.73 Å². The van der Waals surface area contributed by atoms with Crippen LogP contribution in [0.4, 0.5) is 29.3 Å². The van der Waals surface area contributed by atoms with E-state index in [4.69, 9.17) is 38.8 Å². The summed E-state index contributed by atoms with van der Waals surface area (Å²) in [5.74, 6) is -2.85. The lowest BCUT2D eigenvalue weighted by molar-refractivity contribution is -0.192. The van der Waals surface area contributed by atoms with Crippen molar-refractivity contribution < 1.29 is 38.1 Å². The Labute approximate surface area is 238 Å². The summed E-state index contributed by atoms with van der Waals surface area (Å²) in [5.41, 5.74) is 7.49. The van der Waals surface area contributed by atoms with E-state index in [0.29, 0.717) is 30.5 Å². The number of primary amides is 1. The number of halogens is 5. The Balaban J connectivity index is 0.000000559. The highest BCUT2D eigenvalue weighted by atomic mass is 35.5. The molecule has 15 heteroatoms. The van der Waals surface area contributed by atoms with Crippen LogP contribution in [0.1, 0.15) is 18.4 Å². The Hall–Kier alpha value is -2.97. The predicted molar refractivity (Wildman–Crippen MR) is 145 cm³/mol. The summed E-state index contributed by atoms with van der Waals surface area (Å²) in [6.45, 7) is 3.75. The van der Waals surface area contributed by atoms with Gasteiger partial charge in [0.1, 0.15) is 5.75 Å². The zero-order valence-corrected chi connectivity index (χ0v) is 22.7. The number of phenolic OH excluding ortho intramolecular Hbond substituents is 1. The van der Waals surface area contributed by atoms with Gasteiger partial charge in [0.25, 0.3) is 0 Å². The number of carboxylic acid groups (broad SMARTS) is 1. The molecule has 2 aliphatic heterocycles. The largest absolute Gasteiger partial charge is 0.506 e. The number of rotatable bonds is 6. The Morgan fingerprint density at radius 2 is 1.68 bits per heavy atom. The maximum atomic E-state index is 11.4. The number of aliphatic carboxylic acids is 1. The van der Waals surface area contributed by atoms with E-state index in [-0.39, 0.29) is 16.8 Å². The second-order valence-electron chi connectivity index (χ2n) is 9.54. The lowest BCUT2D eigenvalue weighted by atomic mass is 10.0. The fraction of sp³-hybridized carbons (Fsp3) is 0.440. The van der Waals surface area contributed by atoms with Crippen molar-refractivity contribution in [3.63, 3.8) is 0 Å². The number of urea groups is 1. The zero-order chi connectivity index (χ0) is 29.6. The van der Waals surface area contributed by atoms with E-state index in [1.807, 2.05) is 17.0 Å². The quantitative estimate of drug-likeness (QED) is 0.272. The minimum absolute atomic E-state index is 0.0966. The maximum Gasteiger partial charge on any atom is 0.490 e. The molecular weight excluding hydrogens is 578 g/mol. The number of aliphatic hydroxyl groups excluding tert-OH is 1. The van der Waals surface area contributed by atoms with Gasteiger partial charge in [0.15, 0.2) is 0 Å². The maximum absolute atomic E-state index is 11.4. The molecule has 2 atom stereocenters. The number of phenols is 1. The van der Waals surface area contributed by atoms with Gasteiger partial charge in [0.05, 0.1) is 28.5 Å². The van der Waals surface area contributed by atoms with Gasteiger partial charge in [-0.2, -0.15) is 13.2 Å². The topological polar surface area (TPSA) is 151 Å². The standard InChI is InChI=1S/C23H29Cl2N5O3.C2HF3O2/c24-15-3-1-14(2-4-15)11-29-7-5-16(6-8-29)27-19-12-30(13-22(19)32)20-10-21(31)17(25)9-18(20)28-23(26)33;3-2(4,5)1(6)7/h1-4,9-10,16,19,22,27,31-32H,5-8,11-13H2,(H3,26,28,33);(H,6,7). The second-order valence-corrected chi connectivity index (χ2v) is 10.4. The van der Waals surface area contributed by atoms with E-state index in [1.165, 1.54) is 17.7 Å². The van der Waals surface area contributed by atoms with Crippen LogP contribution in [0.5, 0.6) is 5.75 Å². The van der Waals surface area contributed by atoms with E-state index in [1.54, 1.807) is 0 Å². The molecule has 4 rings (SSSR count). The van der Waals surface area contributed by atoms with Crippen LogP contribution in [0.15, 0.2) is 36.4 Å². The van der Waals surface area contributed by atoms with Crippen LogP contribution in [0.3, 0.4) is 0 Å². The van der Waals surface area contributed by atoms with Crippen molar-refractivity contribution in [3.8, 4) is 5.75 Å². The fourth-order valence-electron chi connectivity index (χ4n) is 4.60. The summed E-state index contributed by atoms with van der Waals surface area (Å²) >= 11 is 12.0. The van der Waals surface area contributed by atoms with Gasteiger partial charge in [0.2, 0.25) is 0 Å². The van der Waals surface area contributed by atoms with Gasteiger partial charge in [-0.25, -0.2) is 9.59 Å². The summed E-state index contributed by atoms with van der Waals surface area (Å²) in [4.78, 5) is 24.6. The molecule has 2 aliphatic rings. The van der Waals surface area contributed by atoms with Crippen LogP contribution < -0.4 is 21.3 Å². The number of nitrogens with zero attached hydrogens (tertiary/aromatic N) is 2. The number of carbonyl (C=O) groups excluding carboxylic acids is 1. The number of likely N-dealkylation sites (tertiary alicyclic amines) is 1. The highest BCUT2D eigenvalue weighted by Gasteiger charge is 2.38. The van der Waals surface area contributed by atoms with Gasteiger partial charge < -0.3 is 36.6 Å². The lowest BCUT2D eigenvalue weighted by Crippen LogP contribution is -2.49. The van der Waals surface area contributed by atoms with E-state index in [0.717, 1.165) is 37.5 Å². The first-order valence-corrected chi connectivity index (χ1v) is 13.0. The van der Waals surface area contributed by atoms with Gasteiger partial charge in [-0.1, -0.05) is 35.3 Å². The summed E-state index contributed by atoms with van der Waals surface area (Å²) in [5, 5.41) is 34.9. The van der Waals surface area contributed by atoms with Crippen molar-refractivity contribution in [3.05, 3.63) is 52.0 Å². The number of nitrogens with one attached hydrogen (secondary N) is 2. The van der Waals surface area contributed by atoms with Gasteiger partial charge in [-0.05, 0) is 49.7 Å². The number of benzene rings is 2. The molecule has 0 spiro atoms. The molecule has 220 valence electrons. The first kappa shape index (κ1) is 31.6. The molecule has 0 aliphatic carbocycles. The van der Waals surface area contributed by atoms with Gasteiger partial charge in [-0.3, -0.25) is 4.90 Å². The van der Waals surface area contributed by atoms with Crippen molar-refractivity contribution in [2.45, 2.75) is 43.8 Å². The molecule has 40 heavy (non-hydrogen) atoms. The van der Waals surface area contributed by atoms with Crippen LogP contribution in [0, 0.1) is 0 Å². The molecule has 2 heterocycles. The van der Waals surface area contributed by atoms with Crippen LogP contribution >= 0.6 is 23.2 Å². The molecule has 0 aromatic heterocycles.